The lowest BCUT2D eigenvalue weighted by atomic mass is 10.2. The van der Waals surface area contributed by atoms with Gasteiger partial charge in [0.05, 0.1) is 32.5 Å². The molecule has 2 rings (SSSR count). The predicted molar refractivity (Wildman–Crippen MR) is 107 cm³/mol. The fourth-order valence-electron chi connectivity index (χ4n) is 1.54. The maximum absolute atomic E-state index is 5.91. The van der Waals surface area contributed by atoms with Gasteiger partial charge in [-0.3, -0.25) is 10.9 Å². The molecule has 0 aliphatic heterocycles. The third-order valence-electron chi connectivity index (χ3n) is 2.65. The van der Waals surface area contributed by atoms with E-state index in [9.17, 15) is 0 Å². The molecule has 0 bridgehead atoms. The Kier molecular flexibility index (Phi) is 7.27. The first kappa shape index (κ1) is 19.0. The quantitative estimate of drug-likeness (QED) is 0.410. The number of hydrazone groups is 2. The second-order valence-corrected chi connectivity index (χ2v) is 6.45. The average molecular weight is 420 g/mol. The van der Waals surface area contributed by atoms with Crippen LogP contribution in [-0.4, -0.2) is 17.5 Å². The Balaban J connectivity index is 1.84. The van der Waals surface area contributed by atoms with Gasteiger partial charge in [-0.15, -0.1) is 0 Å². The van der Waals surface area contributed by atoms with Crippen LogP contribution in [0, 0.1) is 0 Å². The zero-order valence-corrected chi connectivity index (χ0v) is 15.8. The SMILES string of the molecule is S=C(NN=Cc1ccc(Cl)c(Cl)c1)NN=Cc1ccc(Cl)c(Cl)c1. The highest BCUT2D eigenvalue weighted by Gasteiger charge is 1.98. The van der Waals surface area contributed by atoms with Gasteiger partial charge < -0.3 is 0 Å². The third-order valence-corrected chi connectivity index (χ3v) is 4.31. The molecule has 0 aliphatic rings. The van der Waals surface area contributed by atoms with Crippen LogP contribution >= 0.6 is 58.6 Å². The van der Waals surface area contributed by atoms with Gasteiger partial charge in [0.1, 0.15) is 0 Å². The summed E-state index contributed by atoms with van der Waals surface area (Å²) in [6, 6.07) is 10.3. The number of nitrogens with zero attached hydrogens (tertiary/aromatic N) is 2. The molecule has 0 fully saturated rings. The van der Waals surface area contributed by atoms with Crippen molar-refractivity contribution in [1.82, 2.24) is 10.9 Å². The molecule has 4 nitrogen and oxygen atoms in total. The molecule has 0 saturated carbocycles. The number of rotatable bonds is 4. The van der Waals surface area contributed by atoms with E-state index < -0.39 is 0 Å². The summed E-state index contributed by atoms with van der Waals surface area (Å²) in [5, 5.41) is 10.0. The van der Waals surface area contributed by atoms with Gasteiger partial charge in [0.25, 0.3) is 0 Å². The molecule has 0 aromatic heterocycles. The van der Waals surface area contributed by atoms with Crippen molar-refractivity contribution in [1.29, 1.82) is 0 Å². The molecule has 0 aliphatic carbocycles. The maximum Gasteiger partial charge on any atom is 0.207 e. The second kappa shape index (κ2) is 9.20. The first-order chi connectivity index (χ1) is 11.5. The minimum Gasteiger partial charge on any atom is -0.252 e. The number of benzene rings is 2. The van der Waals surface area contributed by atoms with E-state index in [1.165, 1.54) is 0 Å². The van der Waals surface area contributed by atoms with Crippen molar-refractivity contribution >= 4 is 76.2 Å². The van der Waals surface area contributed by atoms with Crippen molar-refractivity contribution in [2.75, 3.05) is 0 Å². The van der Waals surface area contributed by atoms with Crippen LogP contribution in [0.5, 0.6) is 0 Å². The van der Waals surface area contributed by atoms with Crippen molar-refractivity contribution in [2.45, 2.75) is 0 Å². The van der Waals surface area contributed by atoms with Gasteiger partial charge in [-0.2, -0.15) is 10.2 Å². The van der Waals surface area contributed by atoms with Crippen LogP contribution in [0.15, 0.2) is 46.6 Å². The largest absolute Gasteiger partial charge is 0.252 e. The highest BCUT2D eigenvalue weighted by atomic mass is 35.5. The van der Waals surface area contributed by atoms with Crippen LogP contribution in [0.4, 0.5) is 0 Å². The van der Waals surface area contributed by atoms with E-state index in [1.807, 2.05) is 0 Å². The zero-order chi connectivity index (χ0) is 17.5. The van der Waals surface area contributed by atoms with E-state index in [1.54, 1.807) is 48.8 Å². The van der Waals surface area contributed by atoms with Crippen molar-refractivity contribution in [3.63, 3.8) is 0 Å². The van der Waals surface area contributed by atoms with Gasteiger partial charge in [0.2, 0.25) is 5.11 Å². The van der Waals surface area contributed by atoms with Gasteiger partial charge in [-0.1, -0.05) is 58.5 Å². The summed E-state index contributed by atoms with van der Waals surface area (Å²) in [7, 11) is 0. The summed E-state index contributed by atoms with van der Waals surface area (Å²) in [6.07, 6.45) is 3.11. The maximum atomic E-state index is 5.91. The lowest BCUT2D eigenvalue weighted by Gasteiger charge is -2.02. The first-order valence-corrected chi connectivity index (χ1v) is 8.40. The van der Waals surface area contributed by atoms with Gasteiger partial charge in [0, 0.05) is 0 Å². The molecule has 2 aromatic carbocycles. The Morgan fingerprint density at radius 3 is 1.54 bits per heavy atom. The molecule has 0 saturated heterocycles. The number of nitrogens with one attached hydrogen (secondary N) is 2. The van der Waals surface area contributed by atoms with Crippen LogP contribution in [0.3, 0.4) is 0 Å². The molecule has 0 radical (unpaired) electrons. The smallest absolute Gasteiger partial charge is 0.207 e. The second-order valence-electron chi connectivity index (χ2n) is 4.42. The van der Waals surface area contributed by atoms with E-state index in [2.05, 4.69) is 21.1 Å². The fraction of sp³-hybridized carbons (Fsp3) is 0. The standard InChI is InChI=1S/C15H10Cl4N4S/c16-11-3-1-9(5-13(11)18)7-20-22-15(24)23-21-8-10-2-4-12(17)14(19)6-10/h1-8H,(H2,22,23,24). The molecule has 0 heterocycles. The summed E-state index contributed by atoms with van der Waals surface area (Å²) >= 11 is 28.5. The molecule has 24 heavy (non-hydrogen) atoms. The van der Waals surface area contributed by atoms with Crippen molar-refractivity contribution < 1.29 is 0 Å². The summed E-state index contributed by atoms with van der Waals surface area (Å²) < 4.78 is 0. The van der Waals surface area contributed by atoms with E-state index in [0.717, 1.165) is 11.1 Å². The topological polar surface area (TPSA) is 48.8 Å². The van der Waals surface area contributed by atoms with Gasteiger partial charge >= 0.3 is 0 Å². The molecular weight excluding hydrogens is 410 g/mol. The number of thiocarbonyl (C=S) groups is 1. The van der Waals surface area contributed by atoms with E-state index in [-0.39, 0.29) is 5.11 Å². The Hall–Kier alpha value is -1.37. The van der Waals surface area contributed by atoms with Crippen LogP contribution in [-0.2, 0) is 0 Å². The van der Waals surface area contributed by atoms with Gasteiger partial charge in [-0.25, -0.2) is 0 Å². The molecule has 124 valence electrons. The van der Waals surface area contributed by atoms with Crippen LogP contribution in [0.25, 0.3) is 0 Å². The highest BCUT2D eigenvalue weighted by Crippen LogP contribution is 2.22. The molecular formula is C15H10Cl4N4S. The number of halogens is 4. The summed E-state index contributed by atoms with van der Waals surface area (Å²) in [6.45, 7) is 0. The minimum absolute atomic E-state index is 0.225. The number of hydrogen-bond acceptors (Lipinski definition) is 3. The lowest BCUT2D eigenvalue weighted by molar-refractivity contribution is 0.935. The Bertz CT molecular complexity index is 743. The molecule has 2 aromatic rings. The monoisotopic (exact) mass is 418 g/mol. The van der Waals surface area contributed by atoms with Gasteiger partial charge in [0.15, 0.2) is 0 Å². The van der Waals surface area contributed by atoms with Gasteiger partial charge in [-0.05, 0) is 47.6 Å². The Morgan fingerprint density at radius 1 is 0.750 bits per heavy atom. The number of hydrogen-bond donors (Lipinski definition) is 2. The van der Waals surface area contributed by atoms with Crippen molar-refractivity contribution in [3.8, 4) is 0 Å². The molecule has 2 N–H and O–H groups in total. The third kappa shape index (κ3) is 5.92. The highest BCUT2D eigenvalue weighted by molar-refractivity contribution is 7.80. The van der Waals surface area contributed by atoms with E-state index in [4.69, 9.17) is 58.6 Å². The summed E-state index contributed by atoms with van der Waals surface area (Å²) in [5.41, 5.74) is 6.80. The summed E-state index contributed by atoms with van der Waals surface area (Å²) in [5.74, 6) is 0. The summed E-state index contributed by atoms with van der Waals surface area (Å²) in [4.78, 5) is 0. The normalized spacial score (nSPS) is 11.2. The molecule has 0 spiro atoms. The fourth-order valence-corrected chi connectivity index (χ4v) is 2.26. The van der Waals surface area contributed by atoms with E-state index in [0.29, 0.717) is 20.1 Å². The van der Waals surface area contributed by atoms with Crippen molar-refractivity contribution in [3.05, 3.63) is 67.6 Å². The first-order valence-electron chi connectivity index (χ1n) is 6.48. The van der Waals surface area contributed by atoms with Crippen LogP contribution in [0.1, 0.15) is 11.1 Å². The van der Waals surface area contributed by atoms with Crippen LogP contribution in [0.2, 0.25) is 20.1 Å². The lowest BCUT2D eigenvalue weighted by Crippen LogP contribution is -2.28. The van der Waals surface area contributed by atoms with Crippen molar-refractivity contribution in [2.24, 2.45) is 10.2 Å². The minimum atomic E-state index is 0.225. The predicted octanol–water partition coefficient (Wildman–Crippen LogP) is 5.13. The van der Waals surface area contributed by atoms with E-state index >= 15 is 0 Å². The Labute approximate surface area is 164 Å². The zero-order valence-electron chi connectivity index (χ0n) is 11.9. The molecule has 0 amide bonds. The molecule has 9 heteroatoms. The molecule has 0 atom stereocenters. The average Bonchev–Trinajstić information content (AvgIpc) is 2.54. The van der Waals surface area contributed by atoms with Crippen LogP contribution < -0.4 is 10.9 Å². The molecule has 0 unspecified atom stereocenters. The Morgan fingerprint density at radius 2 is 1.17 bits per heavy atom.